The molecule has 0 aliphatic rings. The van der Waals surface area contributed by atoms with Gasteiger partial charge in [-0.3, -0.25) is 4.98 Å². The Morgan fingerprint density at radius 3 is 2.38 bits per heavy atom. The van der Waals surface area contributed by atoms with Crippen molar-refractivity contribution >= 4 is 0 Å². The SMILES string of the molecule is Cc1ncn(C[C@H](C)N[C@H](c2ccccc2)c2ccccn2)c1C. The molecule has 0 amide bonds. The molecular formula is C20H24N4. The van der Waals surface area contributed by atoms with Gasteiger partial charge in [-0.25, -0.2) is 4.98 Å². The maximum absolute atomic E-state index is 4.56. The highest BCUT2D eigenvalue weighted by atomic mass is 15.1. The zero-order chi connectivity index (χ0) is 16.9. The summed E-state index contributed by atoms with van der Waals surface area (Å²) in [4.78, 5) is 8.94. The molecule has 2 atom stereocenters. The van der Waals surface area contributed by atoms with E-state index in [1.54, 1.807) is 0 Å². The van der Waals surface area contributed by atoms with Gasteiger partial charge in [-0.2, -0.15) is 0 Å². The van der Waals surface area contributed by atoms with Crippen LogP contribution >= 0.6 is 0 Å². The van der Waals surface area contributed by atoms with Crippen molar-refractivity contribution in [1.29, 1.82) is 0 Å². The van der Waals surface area contributed by atoms with Crippen LogP contribution in [0.4, 0.5) is 0 Å². The van der Waals surface area contributed by atoms with Crippen LogP contribution in [0.5, 0.6) is 0 Å². The Balaban J connectivity index is 1.80. The summed E-state index contributed by atoms with van der Waals surface area (Å²) >= 11 is 0. The average Bonchev–Trinajstić information content (AvgIpc) is 2.93. The molecule has 3 aromatic rings. The largest absolute Gasteiger partial charge is 0.333 e. The highest BCUT2D eigenvalue weighted by molar-refractivity contribution is 5.27. The van der Waals surface area contributed by atoms with Crippen molar-refractivity contribution in [2.45, 2.75) is 39.4 Å². The molecule has 0 saturated carbocycles. The maximum atomic E-state index is 4.56. The van der Waals surface area contributed by atoms with Gasteiger partial charge in [0.2, 0.25) is 0 Å². The van der Waals surface area contributed by atoms with Crippen LogP contribution in [0.1, 0.15) is 35.6 Å². The van der Waals surface area contributed by atoms with Crippen LogP contribution < -0.4 is 5.32 Å². The first-order valence-electron chi connectivity index (χ1n) is 8.35. The smallest absolute Gasteiger partial charge is 0.0951 e. The monoisotopic (exact) mass is 320 g/mol. The van der Waals surface area contributed by atoms with Crippen molar-refractivity contribution in [3.8, 4) is 0 Å². The van der Waals surface area contributed by atoms with Crippen LogP contribution in [0.25, 0.3) is 0 Å². The molecule has 1 aromatic carbocycles. The zero-order valence-electron chi connectivity index (χ0n) is 14.5. The van der Waals surface area contributed by atoms with Crippen LogP contribution in [-0.2, 0) is 6.54 Å². The Labute approximate surface area is 143 Å². The van der Waals surface area contributed by atoms with Crippen LogP contribution in [-0.4, -0.2) is 20.6 Å². The molecule has 3 rings (SSSR count). The molecule has 124 valence electrons. The summed E-state index contributed by atoms with van der Waals surface area (Å²) in [6.45, 7) is 7.24. The number of nitrogens with zero attached hydrogens (tertiary/aromatic N) is 3. The summed E-state index contributed by atoms with van der Waals surface area (Å²) in [5.41, 5.74) is 4.57. The minimum atomic E-state index is 0.0762. The fourth-order valence-corrected chi connectivity index (χ4v) is 2.91. The van der Waals surface area contributed by atoms with Gasteiger partial charge in [0.05, 0.1) is 23.8 Å². The van der Waals surface area contributed by atoms with Crippen molar-refractivity contribution in [3.05, 3.63) is 83.7 Å². The van der Waals surface area contributed by atoms with Crippen LogP contribution in [0, 0.1) is 13.8 Å². The molecule has 4 nitrogen and oxygen atoms in total. The van der Waals surface area contributed by atoms with Gasteiger partial charge in [-0.05, 0) is 38.5 Å². The number of imidazole rings is 1. The minimum absolute atomic E-state index is 0.0762. The number of pyridine rings is 1. The number of hydrogen-bond acceptors (Lipinski definition) is 3. The number of hydrogen-bond donors (Lipinski definition) is 1. The van der Waals surface area contributed by atoms with Crippen LogP contribution in [0.15, 0.2) is 61.1 Å². The molecule has 2 heterocycles. The first kappa shape index (κ1) is 16.4. The van der Waals surface area contributed by atoms with Gasteiger partial charge in [-0.15, -0.1) is 0 Å². The molecule has 24 heavy (non-hydrogen) atoms. The van der Waals surface area contributed by atoms with Crippen LogP contribution in [0.3, 0.4) is 0 Å². The van der Waals surface area contributed by atoms with Gasteiger partial charge < -0.3 is 9.88 Å². The van der Waals surface area contributed by atoms with Gasteiger partial charge in [-0.1, -0.05) is 36.4 Å². The zero-order valence-corrected chi connectivity index (χ0v) is 14.5. The summed E-state index contributed by atoms with van der Waals surface area (Å²) in [7, 11) is 0. The number of nitrogens with one attached hydrogen (secondary N) is 1. The Morgan fingerprint density at radius 1 is 1.00 bits per heavy atom. The quantitative estimate of drug-likeness (QED) is 0.753. The van der Waals surface area contributed by atoms with E-state index < -0.39 is 0 Å². The molecule has 2 aromatic heterocycles. The number of aromatic nitrogens is 3. The lowest BCUT2D eigenvalue weighted by atomic mass is 10.0. The van der Waals surface area contributed by atoms with Crippen molar-refractivity contribution in [3.63, 3.8) is 0 Å². The van der Waals surface area contributed by atoms with E-state index in [0.717, 1.165) is 17.9 Å². The fraction of sp³-hybridized carbons (Fsp3) is 0.300. The van der Waals surface area contributed by atoms with Crippen molar-refractivity contribution in [1.82, 2.24) is 19.9 Å². The highest BCUT2D eigenvalue weighted by Crippen LogP contribution is 2.21. The predicted molar refractivity (Wildman–Crippen MR) is 96.8 cm³/mol. The van der Waals surface area contributed by atoms with E-state index in [0.29, 0.717) is 0 Å². The Bertz CT molecular complexity index is 725. The summed E-state index contributed by atoms with van der Waals surface area (Å²) in [5.74, 6) is 0. The van der Waals surface area contributed by atoms with E-state index in [1.807, 2.05) is 37.6 Å². The van der Waals surface area contributed by atoms with Gasteiger partial charge in [0.15, 0.2) is 0 Å². The van der Waals surface area contributed by atoms with Gasteiger partial charge in [0, 0.05) is 24.5 Å². The van der Waals surface area contributed by atoms with E-state index in [-0.39, 0.29) is 12.1 Å². The van der Waals surface area contributed by atoms with E-state index in [2.05, 4.69) is 64.0 Å². The first-order valence-corrected chi connectivity index (χ1v) is 8.35. The van der Waals surface area contributed by atoms with Gasteiger partial charge >= 0.3 is 0 Å². The molecule has 4 heteroatoms. The van der Waals surface area contributed by atoms with E-state index >= 15 is 0 Å². The molecule has 0 fully saturated rings. The van der Waals surface area contributed by atoms with Gasteiger partial charge in [0.1, 0.15) is 0 Å². The Hall–Kier alpha value is -2.46. The molecule has 0 saturated heterocycles. The minimum Gasteiger partial charge on any atom is -0.333 e. The van der Waals surface area contributed by atoms with Crippen molar-refractivity contribution in [2.75, 3.05) is 0 Å². The summed E-state index contributed by atoms with van der Waals surface area (Å²) in [5, 5.41) is 3.72. The third-order valence-electron chi connectivity index (χ3n) is 4.38. The highest BCUT2D eigenvalue weighted by Gasteiger charge is 2.18. The Morgan fingerprint density at radius 2 is 1.75 bits per heavy atom. The second-order valence-electron chi connectivity index (χ2n) is 6.23. The average molecular weight is 320 g/mol. The number of benzene rings is 1. The lowest BCUT2D eigenvalue weighted by molar-refractivity contribution is 0.436. The second kappa shape index (κ2) is 7.41. The lowest BCUT2D eigenvalue weighted by Gasteiger charge is -2.24. The third-order valence-corrected chi connectivity index (χ3v) is 4.38. The molecule has 0 bridgehead atoms. The second-order valence-corrected chi connectivity index (χ2v) is 6.23. The van der Waals surface area contributed by atoms with E-state index in [1.165, 1.54) is 11.3 Å². The molecular weight excluding hydrogens is 296 g/mol. The third kappa shape index (κ3) is 3.71. The Kier molecular flexibility index (Phi) is 5.06. The van der Waals surface area contributed by atoms with E-state index in [9.17, 15) is 0 Å². The molecule has 0 spiro atoms. The van der Waals surface area contributed by atoms with Crippen molar-refractivity contribution in [2.24, 2.45) is 0 Å². The fourth-order valence-electron chi connectivity index (χ4n) is 2.91. The van der Waals surface area contributed by atoms with Gasteiger partial charge in [0.25, 0.3) is 0 Å². The number of rotatable bonds is 6. The normalized spacial score (nSPS) is 13.6. The molecule has 0 aliphatic heterocycles. The van der Waals surface area contributed by atoms with Crippen LogP contribution in [0.2, 0.25) is 0 Å². The predicted octanol–water partition coefficient (Wildman–Crippen LogP) is 3.66. The molecule has 0 aliphatic carbocycles. The summed E-state index contributed by atoms with van der Waals surface area (Å²) in [6, 6.07) is 16.9. The lowest BCUT2D eigenvalue weighted by Crippen LogP contribution is -2.35. The summed E-state index contributed by atoms with van der Waals surface area (Å²) < 4.78 is 2.20. The molecule has 0 radical (unpaired) electrons. The molecule has 1 N–H and O–H groups in total. The standard InChI is InChI=1S/C20H24N4/c1-15(13-24-14-22-16(2)17(24)3)23-20(18-9-5-4-6-10-18)19-11-7-8-12-21-19/h4-12,14-15,20,23H,13H2,1-3H3/t15-,20+/m0/s1. The number of aryl methyl sites for hydroxylation is 1. The molecule has 0 unspecified atom stereocenters. The summed E-state index contributed by atoms with van der Waals surface area (Å²) in [6.07, 6.45) is 3.77. The maximum Gasteiger partial charge on any atom is 0.0951 e. The first-order chi connectivity index (χ1) is 11.6. The topological polar surface area (TPSA) is 42.7 Å². The van der Waals surface area contributed by atoms with E-state index in [4.69, 9.17) is 0 Å². The van der Waals surface area contributed by atoms with Crippen molar-refractivity contribution < 1.29 is 0 Å².